The van der Waals surface area contributed by atoms with Gasteiger partial charge in [0.05, 0.1) is 66.2 Å². The molecule has 127 heavy (non-hydrogen) atoms. The number of carbonyl (C=O) groups excluding carboxylic acids is 11. The normalized spacial score (nSPS) is 21.9. The van der Waals surface area contributed by atoms with Gasteiger partial charge in [0.25, 0.3) is 0 Å². The van der Waals surface area contributed by atoms with Crippen molar-refractivity contribution in [1.29, 1.82) is 0 Å². The van der Waals surface area contributed by atoms with Crippen molar-refractivity contribution in [2.75, 3.05) is 26.3 Å². The Kier molecular flexibility index (Phi) is 40.6. The first-order valence-corrected chi connectivity index (χ1v) is 70.5. The molecular weight excluding hydrogens is 2400 g/mol. The van der Waals surface area contributed by atoms with E-state index in [0.29, 0.717) is 67.8 Å². The molecule has 6 heterocycles. The summed E-state index contributed by atoms with van der Waals surface area (Å²) in [7, 11) is -10.2. The summed E-state index contributed by atoms with van der Waals surface area (Å²) in [6.07, 6.45) is 8.42. The van der Waals surface area contributed by atoms with Crippen LogP contribution in [0.3, 0.4) is 0 Å². The van der Waals surface area contributed by atoms with Crippen molar-refractivity contribution in [2.45, 2.75) is 257 Å². The first-order valence-electron chi connectivity index (χ1n) is 41.2. The number of ether oxygens (including phenoxy) is 4. The Balaban J connectivity index is 0.000000308. The van der Waals surface area contributed by atoms with Gasteiger partial charge in [-0.2, -0.15) is 0 Å². The first-order chi connectivity index (χ1) is 58.6. The number of aliphatic hydroxyl groups excluding tert-OH is 1. The van der Waals surface area contributed by atoms with Crippen LogP contribution in [-0.2, 0) is 93.9 Å². The van der Waals surface area contributed by atoms with Crippen molar-refractivity contribution in [3.05, 3.63) is 133 Å². The number of benzene rings is 2. The van der Waals surface area contributed by atoms with Crippen molar-refractivity contribution < 1.29 is 116 Å². The smallest absolute Gasteiger partial charge is 0.257 e. The summed E-state index contributed by atoms with van der Waals surface area (Å²) < 4.78 is 109. The largest absolute Gasteiger partial charge is 0.338 e. The minimum atomic E-state index is -3.89. The maximum absolute atomic E-state index is 14.4. The molecule has 44 heteroatoms. The summed E-state index contributed by atoms with van der Waals surface area (Å²) >= 11 is 9.54. The molecule has 8 amide bonds. The van der Waals surface area contributed by atoms with E-state index in [1.165, 1.54) is 65.7 Å². The van der Waals surface area contributed by atoms with Gasteiger partial charge in [0.1, 0.15) is 54.2 Å². The zero-order valence-electron chi connectivity index (χ0n) is 74.1. The second kappa shape index (κ2) is 46.7. The van der Waals surface area contributed by atoms with Gasteiger partial charge in [-0.3, -0.25) is 57.1 Å². The molecule has 4 saturated carbocycles. The third kappa shape index (κ3) is 31.5. The SMILES string of the molecule is C=C[C@@H]1C[C@]1(CC(=O)[C@@H]1C[C@@H](OC(=O)N2Cc3cccc(F)c3C2)CN1C(=O)[C@@H](NC(=O)OC(C)(C)C)C(C)(C)C)C(=O)NS(=O)(=O)C1CC1.C=C[C@@H]1C[C@]1(CC(=O)[C@@H]1C[C@@H](OC(=O)N2Cc3cccc(F)c3C2)CN1C(=O)[C@@H](NC(=O)OCC[Si](C)(C)C)C(C)(C)C)C(=O)NS(=O)(=O)C1CC1.C[Si](C)(C)CCO.I.II.I[I-]I.O=C(n1ccnc1)n1ccnc1. The molecule has 708 valence electrons. The molecule has 5 N–H and O–H groups in total. The van der Waals surface area contributed by atoms with Crippen molar-refractivity contribution in [3.63, 3.8) is 0 Å². The molecule has 32 nitrogen and oxygen atoms in total. The Morgan fingerprint density at radius 3 is 1.27 bits per heavy atom. The standard InChI is InChI=1S/C36H51FN4O9SSi.C35H47FN4O9S.C7H6N4O.C5H14OSi.I3.I2.HI/c1-8-23-17-36(23,32(44)39-51(47,48)25-12-13-25)18-29(42)28-16-24(50-34(46)40-19-22-10-9-11-27(37)26(22)21-40)20-41(28)31(43)30(35(2,3)4)38-33(45)49-14-15-52(5,6)7;1-8-21-15-35(21,30(43)38-50(46,47)23-12-13-23)16-27(41)26-14-22(48-32(45)39-17-20-10-9-11-25(36)24(20)19-39)18-40(26)29(42)28(33(2,3)4)37-31(44)49-34(5,6)7;12-7(10-3-1-8-5-10)11-4-2-9-6-11;1-7(2,3)5-4-6;1-3-2;1-2;/h8-11,23-25,28,30H,1,12-21H2,2-7H3,(H,38,45)(H,39,44);8-11,21-23,26,28H,1,12-19H2,2-7H3,(H,37,44)(H,38,43);1-6H;6H,4-5H2,1-3H3;;;1H/q;;;;-1;;/t23-,24-,28+,30-,36-;21-,22-,26+,28-,35-;;;;;/m11...../s1. The number of ketones is 2. The fraction of sp³-hybridized carbons (Fsp3) is 0.602. The van der Waals surface area contributed by atoms with E-state index in [-0.39, 0.29) is 114 Å². The molecule has 4 aliphatic heterocycles. The van der Waals surface area contributed by atoms with E-state index in [1.807, 2.05) is 0 Å². The predicted molar refractivity (Wildman–Crippen MR) is 519 cm³/mol. The van der Waals surface area contributed by atoms with Gasteiger partial charge >= 0.3 is 80.9 Å². The van der Waals surface area contributed by atoms with Gasteiger partial charge in [-0.15, -0.1) is 37.1 Å². The number of aliphatic hydroxyl groups is 1. The molecule has 12 rings (SSSR count). The average Bonchev–Trinajstić information content (AvgIpc) is 1.57. The second-order valence-corrected chi connectivity index (χ2v) is 69.6. The minimum Gasteiger partial charge on any atom is -0.257 e. The molecule has 2 aromatic carbocycles. The maximum Gasteiger partial charge on any atom is 0.338 e. The van der Waals surface area contributed by atoms with Crippen molar-refractivity contribution in [1.82, 2.24) is 58.8 Å². The molecule has 8 aliphatic rings. The topological polar surface area (TPSA) is 410 Å². The van der Waals surface area contributed by atoms with E-state index in [1.54, 1.807) is 111 Å². The molecule has 0 spiro atoms. The maximum atomic E-state index is 14.4. The van der Waals surface area contributed by atoms with Crippen LogP contribution in [0.2, 0.25) is 51.4 Å². The monoisotopic (exact) mass is 2520 g/mol. The van der Waals surface area contributed by atoms with Gasteiger partial charge in [0.15, 0.2) is 11.6 Å². The Hall–Kier alpha value is -5.16. The fourth-order valence-electron chi connectivity index (χ4n) is 14.8. The number of hydrogen-bond acceptors (Lipinski definition) is 22. The van der Waals surface area contributed by atoms with E-state index in [9.17, 15) is 78.4 Å². The molecule has 2 aromatic heterocycles. The first kappa shape index (κ1) is 111. The molecule has 6 fully saturated rings. The summed E-state index contributed by atoms with van der Waals surface area (Å²) in [4.78, 5) is 161. The molecule has 0 bridgehead atoms. The zero-order chi connectivity index (χ0) is 94.4. The van der Waals surface area contributed by atoms with E-state index in [0.717, 1.165) is 12.1 Å². The fourth-order valence-corrected chi connectivity index (χ4v) is 19.0. The van der Waals surface area contributed by atoms with Crippen molar-refractivity contribution in [2.24, 2.45) is 33.5 Å². The summed E-state index contributed by atoms with van der Waals surface area (Å²) in [6.45, 7) is 36.6. The van der Waals surface area contributed by atoms with Crippen molar-refractivity contribution in [3.8, 4) is 0 Å². The van der Waals surface area contributed by atoms with E-state index < -0.39 is 193 Å². The molecule has 0 radical (unpaired) electrons. The average molecular weight is 2520 g/mol. The van der Waals surface area contributed by atoms with E-state index in [4.69, 9.17) is 24.1 Å². The van der Waals surface area contributed by atoms with Gasteiger partial charge in [0.2, 0.25) is 43.7 Å². The number of alkyl carbamates (subject to hydrolysis) is 2. The number of rotatable bonds is 25. The number of aromatic nitrogens is 4. The number of halogens is 8. The van der Waals surface area contributed by atoms with Gasteiger partial charge in [-0.05, 0) is 117 Å². The summed E-state index contributed by atoms with van der Waals surface area (Å²) in [5, 5.41) is 12.5. The molecule has 2 saturated heterocycles. The van der Waals surface area contributed by atoms with E-state index >= 15 is 0 Å². The molecule has 10 atom stereocenters. The predicted octanol–water partition coefficient (Wildman–Crippen LogP) is 11.5. The zero-order valence-corrected chi connectivity index (χ0v) is 90.8. The number of amides is 8. The quantitative estimate of drug-likeness (QED) is 0.0178. The van der Waals surface area contributed by atoms with Crippen LogP contribution >= 0.6 is 98.4 Å². The number of likely N-dealkylation sites (tertiary alicyclic amines) is 2. The number of imidazole rings is 2. The van der Waals surface area contributed by atoms with Crippen LogP contribution in [0.15, 0.2) is 99.2 Å². The Morgan fingerprint density at radius 1 is 0.606 bits per heavy atom. The summed E-state index contributed by atoms with van der Waals surface area (Å²) in [6, 6.07) is 6.12. The number of nitrogens with one attached hydrogen (secondary N) is 4. The van der Waals surface area contributed by atoms with Crippen LogP contribution in [0.5, 0.6) is 0 Å². The number of hydrogen-bond donors (Lipinski definition) is 5. The van der Waals surface area contributed by atoms with Crippen LogP contribution in [-0.4, -0.2) is 221 Å². The number of carbonyl (C=O) groups is 11. The summed E-state index contributed by atoms with van der Waals surface area (Å²) in [5.41, 5.74) is -3.21. The third-order valence-electron chi connectivity index (χ3n) is 22.4. The molecular formula is C83H119F2I6N12O20S2Si2-. The Labute approximate surface area is 815 Å². The van der Waals surface area contributed by atoms with Crippen molar-refractivity contribution >= 4 is 200 Å². The van der Waals surface area contributed by atoms with Gasteiger partial charge < -0.3 is 44.5 Å². The molecule has 4 aliphatic carbocycles. The number of sulfonamides is 2. The minimum absolute atomic E-state index is 0. The second-order valence-electron chi connectivity index (χ2n) is 38.2. The van der Waals surface area contributed by atoms with Crippen LogP contribution in [0.1, 0.15) is 149 Å². The van der Waals surface area contributed by atoms with Gasteiger partial charge in [0, 0.05) is 135 Å². The van der Waals surface area contributed by atoms with Crippen LogP contribution in [0, 0.1) is 45.1 Å². The van der Waals surface area contributed by atoms with Gasteiger partial charge in [-0.25, -0.2) is 59.6 Å². The van der Waals surface area contributed by atoms with Gasteiger partial charge in [-0.1, -0.05) is 117 Å². The third-order valence-corrected chi connectivity index (χ3v) is 29.5. The van der Waals surface area contributed by atoms with Crippen LogP contribution in [0.25, 0.3) is 0 Å². The Morgan fingerprint density at radius 2 is 0.976 bits per heavy atom. The Bertz CT molecular complexity index is 4800. The summed E-state index contributed by atoms with van der Waals surface area (Å²) in [5.74, 6) is -5.64. The van der Waals surface area contributed by atoms with Crippen LogP contribution < -0.4 is 33.3 Å². The molecule has 0 unspecified atom stereocenters. The van der Waals surface area contributed by atoms with Crippen LogP contribution in [0.4, 0.5) is 32.8 Å². The number of fused-ring (bicyclic) bond motifs is 2. The number of allylic oxidation sites excluding steroid dienone is 2. The molecule has 4 aromatic rings. The number of Topliss-reactive ketones (excluding diaryl/α,β-unsaturated/α-hetero) is 2. The number of nitrogens with zero attached hydrogens (tertiary/aromatic N) is 8. The van der Waals surface area contributed by atoms with E-state index in [2.05, 4.69) is 157 Å².